The number of hydrogen-bond acceptors (Lipinski definition) is 2. The molecule has 1 aromatic rings. The Bertz CT molecular complexity index is 466. The summed E-state index contributed by atoms with van der Waals surface area (Å²) in [4.78, 5) is 13.5. The standard InChI is InChI=1S/C13H16BrFN2O/c1-8(10-7-9(14)3-4-11(10)15)16-12-5-6-17(2)13(12)18/h3-4,7-8,12,16H,5-6H2,1-2H3. The van der Waals surface area contributed by atoms with Crippen molar-refractivity contribution in [3.05, 3.63) is 34.1 Å². The van der Waals surface area contributed by atoms with E-state index in [0.29, 0.717) is 5.56 Å². The van der Waals surface area contributed by atoms with Gasteiger partial charge in [-0.2, -0.15) is 0 Å². The van der Waals surface area contributed by atoms with Gasteiger partial charge in [-0.05, 0) is 31.5 Å². The van der Waals surface area contributed by atoms with Crippen LogP contribution in [0.2, 0.25) is 0 Å². The number of rotatable bonds is 3. The maximum absolute atomic E-state index is 13.7. The lowest BCUT2D eigenvalue weighted by atomic mass is 10.1. The molecular formula is C13H16BrFN2O. The molecule has 0 bridgehead atoms. The number of benzene rings is 1. The van der Waals surface area contributed by atoms with Gasteiger partial charge in [-0.3, -0.25) is 10.1 Å². The Labute approximate surface area is 114 Å². The van der Waals surface area contributed by atoms with E-state index in [1.807, 2.05) is 6.92 Å². The van der Waals surface area contributed by atoms with Crippen molar-refractivity contribution in [1.82, 2.24) is 10.2 Å². The molecule has 3 nitrogen and oxygen atoms in total. The van der Waals surface area contributed by atoms with Gasteiger partial charge in [-0.25, -0.2) is 4.39 Å². The molecule has 0 radical (unpaired) electrons. The summed E-state index contributed by atoms with van der Waals surface area (Å²) >= 11 is 3.33. The van der Waals surface area contributed by atoms with Crippen molar-refractivity contribution in [2.75, 3.05) is 13.6 Å². The maximum atomic E-state index is 13.7. The lowest BCUT2D eigenvalue weighted by molar-refractivity contribution is -0.128. The van der Waals surface area contributed by atoms with Crippen LogP contribution in [0.1, 0.15) is 24.9 Å². The van der Waals surface area contributed by atoms with E-state index in [0.717, 1.165) is 17.4 Å². The first kappa shape index (κ1) is 13.5. The largest absolute Gasteiger partial charge is 0.344 e. The lowest BCUT2D eigenvalue weighted by Crippen LogP contribution is -2.38. The number of carbonyl (C=O) groups is 1. The number of likely N-dealkylation sites (N-methyl/N-ethyl adjacent to an activating group) is 1. The van der Waals surface area contributed by atoms with Crippen LogP contribution in [0.5, 0.6) is 0 Å². The minimum atomic E-state index is -0.253. The Hall–Kier alpha value is -0.940. The molecule has 2 unspecified atom stereocenters. The fourth-order valence-electron chi connectivity index (χ4n) is 2.22. The average Bonchev–Trinajstić information content (AvgIpc) is 2.64. The summed E-state index contributed by atoms with van der Waals surface area (Å²) in [5.41, 5.74) is 0.576. The van der Waals surface area contributed by atoms with Gasteiger partial charge in [0.15, 0.2) is 0 Å². The van der Waals surface area contributed by atoms with Crippen molar-refractivity contribution in [3.63, 3.8) is 0 Å². The Morgan fingerprint density at radius 2 is 2.28 bits per heavy atom. The van der Waals surface area contributed by atoms with Crippen molar-refractivity contribution in [2.45, 2.75) is 25.4 Å². The summed E-state index contributed by atoms with van der Waals surface area (Å²) in [6.45, 7) is 2.63. The van der Waals surface area contributed by atoms with E-state index in [4.69, 9.17) is 0 Å². The highest BCUT2D eigenvalue weighted by atomic mass is 79.9. The Morgan fingerprint density at radius 1 is 1.56 bits per heavy atom. The second-order valence-corrected chi connectivity index (χ2v) is 5.57. The molecule has 2 rings (SSSR count). The molecule has 1 aliphatic rings. The second kappa shape index (κ2) is 5.36. The molecule has 0 spiro atoms. The third kappa shape index (κ3) is 2.72. The summed E-state index contributed by atoms with van der Waals surface area (Å²) < 4.78 is 14.5. The molecule has 0 saturated carbocycles. The quantitative estimate of drug-likeness (QED) is 0.929. The normalized spacial score (nSPS) is 21.4. The van der Waals surface area contributed by atoms with Crippen molar-refractivity contribution < 1.29 is 9.18 Å². The van der Waals surface area contributed by atoms with Gasteiger partial charge in [0.2, 0.25) is 5.91 Å². The topological polar surface area (TPSA) is 32.3 Å². The van der Waals surface area contributed by atoms with Crippen LogP contribution in [0.3, 0.4) is 0 Å². The summed E-state index contributed by atoms with van der Waals surface area (Å²) in [6.07, 6.45) is 0.773. The van der Waals surface area contributed by atoms with E-state index in [1.165, 1.54) is 6.07 Å². The van der Waals surface area contributed by atoms with Crippen LogP contribution in [0.4, 0.5) is 4.39 Å². The molecule has 2 atom stereocenters. The van der Waals surface area contributed by atoms with Crippen molar-refractivity contribution in [1.29, 1.82) is 0 Å². The number of nitrogens with zero attached hydrogens (tertiary/aromatic N) is 1. The van der Waals surface area contributed by atoms with E-state index in [2.05, 4.69) is 21.2 Å². The van der Waals surface area contributed by atoms with Crippen molar-refractivity contribution >= 4 is 21.8 Å². The molecule has 1 fully saturated rings. The van der Waals surface area contributed by atoms with E-state index >= 15 is 0 Å². The van der Waals surface area contributed by atoms with E-state index in [9.17, 15) is 9.18 Å². The first-order chi connectivity index (χ1) is 8.49. The summed E-state index contributed by atoms with van der Waals surface area (Å²) in [6, 6.07) is 4.45. The van der Waals surface area contributed by atoms with E-state index in [1.54, 1.807) is 24.1 Å². The molecule has 1 aromatic carbocycles. The monoisotopic (exact) mass is 314 g/mol. The van der Waals surface area contributed by atoms with Gasteiger partial charge >= 0.3 is 0 Å². The van der Waals surface area contributed by atoms with Crippen LogP contribution in [-0.2, 0) is 4.79 Å². The molecule has 0 aliphatic carbocycles. The van der Waals surface area contributed by atoms with Crippen LogP contribution in [0.25, 0.3) is 0 Å². The zero-order chi connectivity index (χ0) is 13.3. The summed E-state index contributed by atoms with van der Waals surface area (Å²) in [7, 11) is 1.79. The van der Waals surface area contributed by atoms with Crippen molar-refractivity contribution in [3.8, 4) is 0 Å². The molecule has 18 heavy (non-hydrogen) atoms. The molecular weight excluding hydrogens is 299 g/mol. The Morgan fingerprint density at radius 3 is 2.89 bits per heavy atom. The van der Waals surface area contributed by atoms with Crippen LogP contribution in [-0.4, -0.2) is 30.4 Å². The molecule has 1 saturated heterocycles. The number of hydrogen-bond donors (Lipinski definition) is 1. The van der Waals surface area contributed by atoms with Gasteiger partial charge in [-0.1, -0.05) is 15.9 Å². The third-order valence-electron chi connectivity index (χ3n) is 3.30. The number of likely N-dealkylation sites (tertiary alicyclic amines) is 1. The van der Waals surface area contributed by atoms with Gasteiger partial charge in [0.1, 0.15) is 5.82 Å². The fourth-order valence-corrected chi connectivity index (χ4v) is 2.59. The highest BCUT2D eigenvalue weighted by Gasteiger charge is 2.30. The molecule has 1 aliphatic heterocycles. The van der Waals surface area contributed by atoms with Crippen LogP contribution >= 0.6 is 15.9 Å². The smallest absolute Gasteiger partial charge is 0.239 e. The highest BCUT2D eigenvalue weighted by molar-refractivity contribution is 9.10. The maximum Gasteiger partial charge on any atom is 0.239 e. The van der Waals surface area contributed by atoms with Crippen LogP contribution in [0, 0.1) is 5.82 Å². The zero-order valence-electron chi connectivity index (χ0n) is 10.4. The second-order valence-electron chi connectivity index (χ2n) is 4.66. The number of nitrogens with one attached hydrogen (secondary N) is 1. The molecule has 5 heteroatoms. The minimum Gasteiger partial charge on any atom is -0.344 e. The van der Waals surface area contributed by atoms with Gasteiger partial charge in [0.05, 0.1) is 6.04 Å². The van der Waals surface area contributed by atoms with E-state index in [-0.39, 0.29) is 23.8 Å². The first-order valence-electron chi connectivity index (χ1n) is 5.95. The molecule has 1 heterocycles. The zero-order valence-corrected chi connectivity index (χ0v) is 12.0. The van der Waals surface area contributed by atoms with Crippen molar-refractivity contribution in [2.24, 2.45) is 0 Å². The average molecular weight is 315 g/mol. The Balaban J connectivity index is 2.10. The predicted octanol–water partition coefficient (Wildman–Crippen LogP) is 2.47. The van der Waals surface area contributed by atoms with Gasteiger partial charge in [0.25, 0.3) is 0 Å². The Kier molecular flexibility index (Phi) is 4.02. The molecule has 0 aromatic heterocycles. The number of halogens is 2. The van der Waals surface area contributed by atoms with Gasteiger partial charge in [0, 0.05) is 29.7 Å². The number of carbonyl (C=O) groups excluding carboxylic acids is 1. The third-order valence-corrected chi connectivity index (χ3v) is 3.80. The minimum absolute atomic E-state index is 0.0808. The van der Waals surface area contributed by atoms with Gasteiger partial charge < -0.3 is 4.90 Å². The fraction of sp³-hybridized carbons (Fsp3) is 0.462. The summed E-state index contributed by atoms with van der Waals surface area (Å²) in [5.74, 6) is -0.172. The van der Waals surface area contributed by atoms with Crippen LogP contribution < -0.4 is 5.32 Å². The lowest BCUT2D eigenvalue weighted by Gasteiger charge is -2.19. The van der Waals surface area contributed by atoms with E-state index < -0.39 is 0 Å². The SMILES string of the molecule is CC(NC1CCN(C)C1=O)c1cc(Br)ccc1F. The molecule has 1 N–H and O–H groups in total. The molecule has 98 valence electrons. The van der Waals surface area contributed by atoms with Gasteiger partial charge in [-0.15, -0.1) is 0 Å². The first-order valence-corrected chi connectivity index (χ1v) is 6.74. The highest BCUT2D eigenvalue weighted by Crippen LogP contribution is 2.23. The predicted molar refractivity (Wildman–Crippen MR) is 71.7 cm³/mol. The number of amides is 1. The molecule has 1 amide bonds. The van der Waals surface area contributed by atoms with Crippen LogP contribution in [0.15, 0.2) is 22.7 Å². The summed E-state index contributed by atoms with van der Waals surface area (Å²) in [5, 5.41) is 3.19.